The summed E-state index contributed by atoms with van der Waals surface area (Å²) in [7, 11) is 3.42. The van der Waals surface area contributed by atoms with Gasteiger partial charge in [-0.15, -0.1) is 0 Å². The van der Waals surface area contributed by atoms with Crippen LogP contribution in [0.25, 0.3) is 0 Å². The molecule has 8 heteroatoms. The molecule has 2 aromatic carbocycles. The minimum absolute atomic E-state index is 0.0122. The Hall–Kier alpha value is -2.94. The fourth-order valence-corrected chi connectivity index (χ4v) is 5.06. The molecule has 1 fully saturated rings. The number of nitrogens with one attached hydrogen (secondary N) is 1. The predicted octanol–water partition coefficient (Wildman–Crippen LogP) is 3.16. The van der Waals surface area contributed by atoms with Gasteiger partial charge in [0.1, 0.15) is 11.9 Å². The van der Waals surface area contributed by atoms with Gasteiger partial charge in [0.2, 0.25) is 0 Å². The van der Waals surface area contributed by atoms with Gasteiger partial charge in [-0.2, -0.15) is 0 Å². The highest BCUT2D eigenvalue weighted by Gasteiger charge is 2.33. The molecule has 2 amide bonds. The normalized spacial score (nSPS) is 17.7. The number of carbonyl (C=O) groups excluding carboxylic acids is 2. The second kappa shape index (κ2) is 15.0. The largest absolute Gasteiger partial charge is 0.493 e. The van der Waals surface area contributed by atoms with Crippen LogP contribution in [0.15, 0.2) is 48.5 Å². The van der Waals surface area contributed by atoms with Crippen LogP contribution in [0.4, 0.5) is 0 Å². The quantitative estimate of drug-likeness (QED) is 0.359. The number of rotatable bonds is 14. The number of aliphatic hydroxyl groups excluding tert-OH is 1. The molecule has 1 aliphatic heterocycles. The Morgan fingerprint density at radius 3 is 2.41 bits per heavy atom. The molecule has 0 aliphatic carbocycles. The third kappa shape index (κ3) is 8.78. The Morgan fingerprint density at radius 2 is 1.74 bits per heavy atom. The summed E-state index contributed by atoms with van der Waals surface area (Å²) in [4.78, 5) is 30.1. The van der Waals surface area contributed by atoms with E-state index < -0.39 is 6.10 Å². The molecule has 3 atom stereocenters. The highest BCUT2D eigenvalue weighted by atomic mass is 16.5. The molecule has 0 aromatic heterocycles. The molecule has 8 nitrogen and oxygen atoms in total. The van der Waals surface area contributed by atoms with Gasteiger partial charge in [0, 0.05) is 71.4 Å². The number of aliphatic hydroxyl groups is 1. The first kappa shape index (κ1) is 30.6. The highest BCUT2D eigenvalue weighted by molar-refractivity contribution is 5.95. The maximum absolute atomic E-state index is 13.6. The van der Waals surface area contributed by atoms with Gasteiger partial charge in [-0.05, 0) is 55.9 Å². The van der Waals surface area contributed by atoms with Gasteiger partial charge in [0.05, 0.1) is 6.61 Å². The molecule has 1 heterocycles. The molecule has 3 rings (SSSR count). The molecule has 214 valence electrons. The number of methoxy groups -OCH3 is 1. The molecule has 2 N–H and O–H groups in total. The summed E-state index contributed by atoms with van der Waals surface area (Å²) in [5.41, 5.74) is 2.52. The van der Waals surface area contributed by atoms with Gasteiger partial charge in [-0.25, -0.2) is 0 Å². The lowest BCUT2D eigenvalue weighted by molar-refractivity contribution is -0.139. The average Bonchev–Trinajstić information content (AvgIpc) is 3.36. The number of ether oxygens (including phenoxy) is 2. The van der Waals surface area contributed by atoms with Crippen molar-refractivity contribution in [3.63, 3.8) is 0 Å². The Balaban J connectivity index is 1.62. The number of amides is 2. The van der Waals surface area contributed by atoms with Crippen LogP contribution < -0.4 is 10.1 Å². The van der Waals surface area contributed by atoms with Crippen molar-refractivity contribution < 1.29 is 24.2 Å². The first-order chi connectivity index (χ1) is 18.7. The number of aryl methyl sites for hydroxylation is 1. The van der Waals surface area contributed by atoms with Crippen LogP contribution in [0.3, 0.4) is 0 Å². The first-order valence-corrected chi connectivity index (χ1v) is 13.9. The van der Waals surface area contributed by atoms with Crippen molar-refractivity contribution in [2.75, 3.05) is 53.6 Å². The van der Waals surface area contributed by atoms with Gasteiger partial charge >= 0.3 is 0 Å². The van der Waals surface area contributed by atoms with Crippen LogP contribution in [0.5, 0.6) is 5.75 Å². The second-order valence-electron chi connectivity index (χ2n) is 10.8. The topological polar surface area (TPSA) is 91.3 Å². The van der Waals surface area contributed by atoms with Gasteiger partial charge in [0.25, 0.3) is 11.8 Å². The SMILES string of the molecule is COCCCOc1cc(C(=O)N(CC2CNCC2CN(C)C(=O)C(O)Cc2ccccc2)C(C)C)ccc1C. The third-order valence-corrected chi connectivity index (χ3v) is 7.42. The zero-order chi connectivity index (χ0) is 28.4. The maximum Gasteiger partial charge on any atom is 0.254 e. The lowest BCUT2D eigenvalue weighted by atomic mass is 9.93. The highest BCUT2D eigenvalue weighted by Crippen LogP contribution is 2.25. The Kier molecular flexibility index (Phi) is 11.8. The Labute approximate surface area is 233 Å². The fourth-order valence-electron chi connectivity index (χ4n) is 5.06. The Morgan fingerprint density at radius 1 is 1.05 bits per heavy atom. The van der Waals surface area contributed by atoms with Crippen molar-refractivity contribution in [1.29, 1.82) is 0 Å². The summed E-state index contributed by atoms with van der Waals surface area (Å²) in [6.45, 7) is 9.84. The number of hydrogen-bond acceptors (Lipinski definition) is 6. The van der Waals surface area contributed by atoms with Crippen molar-refractivity contribution in [1.82, 2.24) is 15.1 Å². The molecule has 3 unspecified atom stereocenters. The van der Waals surface area contributed by atoms with Gasteiger partial charge in [-0.1, -0.05) is 36.4 Å². The van der Waals surface area contributed by atoms with E-state index in [9.17, 15) is 14.7 Å². The molecule has 39 heavy (non-hydrogen) atoms. The number of hydrogen-bond donors (Lipinski definition) is 2. The summed E-state index contributed by atoms with van der Waals surface area (Å²) in [5, 5.41) is 14.0. The molecule has 0 spiro atoms. The van der Waals surface area contributed by atoms with Crippen LogP contribution >= 0.6 is 0 Å². The smallest absolute Gasteiger partial charge is 0.254 e. The number of carbonyl (C=O) groups is 2. The Bertz CT molecular complexity index is 1060. The van der Waals surface area contributed by atoms with E-state index in [4.69, 9.17) is 9.47 Å². The summed E-state index contributed by atoms with van der Waals surface area (Å²) in [5.74, 6) is 0.775. The van der Waals surface area contributed by atoms with Crippen LogP contribution in [0.1, 0.15) is 41.8 Å². The molecular formula is C31H45N3O5. The maximum atomic E-state index is 13.6. The standard InChI is InChI=1S/C31H45N3O5/c1-22(2)34(30(36)25-13-12-23(3)29(17-25)39-15-9-14-38-5)21-27-19-32-18-26(27)20-33(4)31(37)28(35)16-24-10-7-6-8-11-24/h6-8,10-13,17,22,26-28,32,35H,9,14-16,18-21H2,1-5H3. The van der Waals surface area contributed by atoms with Crippen molar-refractivity contribution in [3.8, 4) is 5.75 Å². The van der Waals surface area contributed by atoms with Crippen LogP contribution in [-0.2, 0) is 16.0 Å². The fraction of sp³-hybridized carbons (Fsp3) is 0.548. The molecule has 1 saturated heterocycles. The van der Waals surface area contributed by atoms with E-state index in [1.807, 2.05) is 74.2 Å². The minimum atomic E-state index is -1.08. The molecule has 0 radical (unpaired) electrons. The summed E-state index contributed by atoms with van der Waals surface area (Å²) in [6.07, 6.45) is -0.00483. The van der Waals surface area contributed by atoms with E-state index in [2.05, 4.69) is 5.32 Å². The summed E-state index contributed by atoms with van der Waals surface area (Å²) >= 11 is 0. The molecule has 2 aromatic rings. The van der Waals surface area contributed by atoms with E-state index >= 15 is 0 Å². The summed E-state index contributed by atoms with van der Waals surface area (Å²) in [6, 6.07) is 15.2. The zero-order valence-corrected chi connectivity index (χ0v) is 24.1. The van der Waals surface area contributed by atoms with Crippen molar-refractivity contribution in [3.05, 3.63) is 65.2 Å². The van der Waals surface area contributed by atoms with Gasteiger partial charge in [0.15, 0.2) is 0 Å². The molecule has 0 saturated carbocycles. The zero-order valence-electron chi connectivity index (χ0n) is 24.1. The number of nitrogens with zero attached hydrogens (tertiary/aromatic N) is 2. The second-order valence-corrected chi connectivity index (χ2v) is 10.8. The van der Waals surface area contributed by atoms with Gasteiger partial charge < -0.3 is 29.7 Å². The minimum Gasteiger partial charge on any atom is -0.493 e. The van der Waals surface area contributed by atoms with Crippen LogP contribution in [0, 0.1) is 18.8 Å². The number of likely N-dealkylation sites (N-methyl/N-ethyl adjacent to an activating group) is 1. The van der Waals surface area contributed by atoms with Crippen LogP contribution in [0.2, 0.25) is 0 Å². The van der Waals surface area contributed by atoms with E-state index in [0.717, 1.165) is 36.4 Å². The molecule has 1 aliphatic rings. The summed E-state index contributed by atoms with van der Waals surface area (Å²) < 4.78 is 11.0. The molecular weight excluding hydrogens is 494 g/mol. The lowest BCUT2D eigenvalue weighted by Gasteiger charge is -2.33. The lowest BCUT2D eigenvalue weighted by Crippen LogP contribution is -2.45. The molecule has 0 bridgehead atoms. The van der Waals surface area contributed by atoms with Crippen molar-refractivity contribution >= 4 is 11.8 Å². The first-order valence-electron chi connectivity index (χ1n) is 13.9. The van der Waals surface area contributed by atoms with Crippen molar-refractivity contribution in [2.24, 2.45) is 11.8 Å². The van der Waals surface area contributed by atoms with E-state index in [1.54, 1.807) is 19.1 Å². The predicted molar refractivity (Wildman–Crippen MR) is 153 cm³/mol. The van der Waals surface area contributed by atoms with Gasteiger partial charge in [-0.3, -0.25) is 9.59 Å². The van der Waals surface area contributed by atoms with Crippen LogP contribution in [-0.4, -0.2) is 92.4 Å². The monoisotopic (exact) mass is 539 g/mol. The van der Waals surface area contributed by atoms with E-state index in [-0.39, 0.29) is 29.7 Å². The van der Waals surface area contributed by atoms with E-state index in [0.29, 0.717) is 38.3 Å². The van der Waals surface area contributed by atoms with E-state index in [1.165, 1.54) is 0 Å². The third-order valence-electron chi connectivity index (χ3n) is 7.42. The number of benzene rings is 2. The average molecular weight is 540 g/mol. The van der Waals surface area contributed by atoms with Crippen molar-refractivity contribution in [2.45, 2.75) is 45.8 Å².